The lowest BCUT2D eigenvalue weighted by molar-refractivity contribution is -0.142. The Morgan fingerprint density at radius 1 is 1.12 bits per heavy atom. The summed E-state index contributed by atoms with van der Waals surface area (Å²) in [6.07, 6.45) is 0. The normalized spacial score (nSPS) is 19.4. The van der Waals surface area contributed by atoms with Crippen LogP contribution in [0.4, 0.5) is 8.78 Å². The molecule has 1 N–H and O–H groups in total. The van der Waals surface area contributed by atoms with Crippen molar-refractivity contribution in [1.29, 1.82) is 0 Å². The van der Waals surface area contributed by atoms with Crippen LogP contribution in [0.25, 0.3) is 0 Å². The third-order valence-electron chi connectivity index (χ3n) is 4.46. The number of halogens is 2. The molecule has 2 aromatic rings. The molecule has 2 atom stereocenters. The van der Waals surface area contributed by atoms with Gasteiger partial charge < -0.3 is 14.7 Å². The highest BCUT2D eigenvalue weighted by atomic mass is 19.1. The molecule has 1 heterocycles. The summed E-state index contributed by atoms with van der Waals surface area (Å²) in [5.41, 5.74) is 0.848. The van der Waals surface area contributed by atoms with Crippen LogP contribution in [0.2, 0.25) is 0 Å². The van der Waals surface area contributed by atoms with Gasteiger partial charge in [-0.05, 0) is 17.7 Å². The Kier molecular flexibility index (Phi) is 5.16. The fraction of sp³-hybridized carbons (Fsp3) is 0.263. The Labute approximate surface area is 148 Å². The van der Waals surface area contributed by atoms with E-state index >= 15 is 0 Å². The van der Waals surface area contributed by atoms with Crippen LogP contribution < -0.4 is 4.74 Å². The summed E-state index contributed by atoms with van der Waals surface area (Å²) in [6.45, 7) is -0.144. The van der Waals surface area contributed by atoms with Gasteiger partial charge in [0.05, 0.1) is 5.92 Å². The molecule has 136 valence electrons. The number of hydrogen-bond donors (Lipinski definition) is 1. The van der Waals surface area contributed by atoms with E-state index in [1.807, 2.05) is 30.3 Å². The Morgan fingerprint density at radius 3 is 2.50 bits per heavy atom. The third-order valence-corrected chi connectivity index (χ3v) is 4.46. The van der Waals surface area contributed by atoms with Gasteiger partial charge in [-0.15, -0.1) is 0 Å². The van der Waals surface area contributed by atoms with Gasteiger partial charge in [0.1, 0.15) is 5.82 Å². The average molecular weight is 361 g/mol. The maximum absolute atomic E-state index is 13.6. The van der Waals surface area contributed by atoms with Crippen molar-refractivity contribution < 1.29 is 28.2 Å². The summed E-state index contributed by atoms with van der Waals surface area (Å²) in [4.78, 5) is 25.3. The number of nitrogens with zero attached hydrogens (tertiary/aromatic N) is 1. The Morgan fingerprint density at radius 2 is 1.85 bits per heavy atom. The van der Waals surface area contributed by atoms with Crippen molar-refractivity contribution in [3.63, 3.8) is 0 Å². The summed E-state index contributed by atoms with van der Waals surface area (Å²) in [6, 6.07) is 11.9. The maximum atomic E-state index is 13.6. The van der Waals surface area contributed by atoms with Crippen LogP contribution in [-0.2, 0) is 9.59 Å². The van der Waals surface area contributed by atoms with E-state index in [0.29, 0.717) is 6.07 Å². The summed E-state index contributed by atoms with van der Waals surface area (Å²) in [5, 5.41) is 9.46. The average Bonchev–Trinajstić information content (AvgIpc) is 3.07. The highest BCUT2D eigenvalue weighted by molar-refractivity contribution is 5.80. The second-order valence-electron chi connectivity index (χ2n) is 6.12. The van der Waals surface area contributed by atoms with E-state index in [2.05, 4.69) is 0 Å². The molecular formula is C19H17F2NO4. The van der Waals surface area contributed by atoms with Crippen molar-refractivity contribution in [2.24, 2.45) is 5.92 Å². The molecule has 0 aromatic heterocycles. The number of ether oxygens (including phenoxy) is 1. The minimum atomic E-state index is -0.973. The topological polar surface area (TPSA) is 66.8 Å². The van der Waals surface area contributed by atoms with E-state index in [0.717, 1.165) is 17.7 Å². The SMILES string of the molecule is O=C(O)C1CN(C(=O)COc2ccc(F)cc2F)CC1c1ccccc1. The van der Waals surface area contributed by atoms with Crippen molar-refractivity contribution in [3.8, 4) is 5.75 Å². The van der Waals surface area contributed by atoms with Gasteiger partial charge in [0, 0.05) is 25.1 Å². The lowest BCUT2D eigenvalue weighted by Crippen LogP contribution is -2.34. The monoisotopic (exact) mass is 361 g/mol. The molecule has 0 saturated carbocycles. The number of carboxylic acids is 1. The van der Waals surface area contributed by atoms with E-state index in [1.165, 1.54) is 4.90 Å². The van der Waals surface area contributed by atoms with Crippen LogP contribution in [-0.4, -0.2) is 41.6 Å². The van der Waals surface area contributed by atoms with Crippen molar-refractivity contribution in [3.05, 3.63) is 65.7 Å². The second-order valence-corrected chi connectivity index (χ2v) is 6.12. The van der Waals surface area contributed by atoms with Crippen LogP contribution in [0.1, 0.15) is 11.5 Å². The molecule has 0 bridgehead atoms. The lowest BCUT2D eigenvalue weighted by Gasteiger charge is -2.17. The quantitative estimate of drug-likeness (QED) is 0.889. The van der Waals surface area contributed by atoms with E-state index in [-0.39, 0.29) is 24.8 Å². The number of benzene rings is 2. The molecule has 1 aliphatic rings. The van der Waals surface area contributed by atoms with E-state index in [4.69, 9.17) is 4.74 Å². The summed E-state index contributed by atoms with van der Waals surface area (Å²) >= 11 is 0. The smallest absolute Gasteiger partial charge is 0.308 e. The van der Waals surface area contributed by atoms with Gasteiger partial charge in [-0.1, -0.05) is 30.3 Å². The summed E-state index contributed by atoms with van der Waals surface area (Å²) in [7, 11) is 0. The molecule has 1 fully saturated rings. The molecule has 7 heteroatoms. The van der Waals surface area contributed by atoms with Gasteiger partial charge in [-0.25, -0.2) is 8.78 Å². The molecule has 2 unspecified atom stereocenters. The Balaban J connectivity index is 1.67. The first-order valence-electron chi connectivity index (χ1n) is 8.09. The van der Waals surface area contributed by atoms with Crippen LogP contribution in [0.5, 0.6) is 5.75 Å². The molecule has 3 rings (SSSR count). The molecule has 0 radical (unpaired) electrons. The van der Waals surface area contributed by atoms with Gasteiger partial charge in [0.2, 0.25) is 0 Å². The molecule has 2 aromatic carbocycles. The zero-order valence-electron chi connectivity index (χ0n) is 13.8. The highest BCUT2D eigenvalue weighted by Crippen LogP contribution is 2.33. The number of amides is 1. The molecule has 1 aliphatic heterocycles. The van der Waals surface area contributed by atoms with E-state index in [9.17, 15) is 23.5 Å². The number of aliphatic carboxylic acids is 1. The number of carbonyl (C=O) groups excluding carboxylic acids is 1. The van der Waals surface area contributed by atoms with Crippen molar-refractivity contribution >= 4 is 11.9 Å². The Hall–Kier alpha value is -2.96. The largest absolute Gasteiger partial charge is 0.481 e. The van der Waals surface area contributed by atoms with Crippen LogP contribution in [0.15, 0.2) is 48.5 Å². The van der Waals surface area contributed by atoms with E-state index < -0.39 is 36.0 Å². The molecule has 0 aliphatic carbocycles. The number of rotatable bonds is 5. The van der Waals surface area contributed by atoms with Gasteiger partial charge >= 0.3 is 5.97 Å². The molecule has 0 spiro atoms. The number of carbonyl (C=O) groups is 2. The van der Waals surface area contributed by atoms with Crippen molar-refractivity contribution in [1.82, 2.24) is 4.90 Å². The minimum absolute atomic E-state index is 0.0585. The predicted molar refractivity (Wildman–Crippen MR) is 88.7 cm³/mol. The first kappa shape index (κ1) is 17.8. The van der Waals surface area contributed by atoms with Gasteiger partial charge in [-0.2, -0.15) is 0 Å². The third kappa shape index (κ3) is 3.82. The van der Waals surface area contributed by atoms with Crippen molar-refractivity contribution in [2.75, 3.05) is 19.7 Å². The lowest BCUT2D eigenvalue weighted by atomic mass is 9.89. The standard InChI is InChI=1S/C19H17F2NO4/c20-13-6-7-17(16(21)8-13)26-11-18(23)22-9-14(15(10-22)19(24)25)12-4-2-1-3-5-12/h1-8,14-15H,9-11H2,(H,24,25). The van der Waals surface area contributed by atoms with E-state index in [1.54, 1.807) is 0 Å². The summed E-state index contributed by atoms with van der Waals surface area (Å²) in [5.74, 6) is -4.32. The molecule has 26 heavy (non-hydrogen) atoms. The second kappa shape index (κ2) is 7.51. The molecule has 5 nitrogen and oxygen atoms in total. The zero-order chi connectivity index (χ0) is 18.7. The van der Waals surface area contributed by atoms with Crippen LogP contribution in [0, 0.1) is 17.6 Å². The maximum Gasteiger partial charge on any atom is 0.308 e. The number of carboxylic acid groups (broad SMARTS) is 1. The minimum Gasteiger partial charge on any atom is -0.481 e. The fourth-order valence-electron chi connectivity index (χ4n) is 3.12. The van der Waals surface area contributed by atoms with Crippen molar-refractivity contribution in [2.45, 2.75) is 5.92 Å². The summed E-state index contributed by atoms with van der Waals surface area (Å²) < 4.78 is 31.6. The first-order valence-corrected chi connectivity index (χ1v) is 8.09. The highest BCUT2D eigenvalue weighted by Gasteiger charge is 2.40. The first-order chi connectivity index (χ1) is 12.5. The van der Waals surface area contributed by atoms with Gasteiger partial charge in [-0.3, -0.25) is 9.59 Å². The van der Waals surface area contributed by atoms with Crippen LogP contribution in [0.3, 0.4) is 0 Å². The van der Waals surface area contributed by atoms with Gasteiger partial charge in [0.15, 0.2) is 18.2 Å². The Bertz CT molecular complexity index is 812. The molecular weight excluding hydrogens is 344 g/mol. The number of likely N-dealkylation sites (tertiary alicyclic amines) is 1. The van der Waals surface area contributed by atoms with Gasteiger partial charge in [0.25, 0.3) is 5.91 Å². The number of hydrogen-bond acceptors (Lipinski definition) is 3. The predicted octanol–water partition coefficient (Wildman–Crippen LogP) is 2.67. The zero-order valence-corrected chi connectivity index (χ0v) is 13.8. The molecule has 1 amide bonds. The fourth-order valence-corrected chi connectivity index (χ4v) is 3.12. The molecule has 1 saturated heterocycles. The van der Waals surface area contributed by atoms with Crippen LogP contribution >= 0.6 is 0 Å².